The highest BCUT2D eigenvalue weighted by Crippen LogP contribution is 2.25. The van der Waals surface area contributed by atoms with E-state index in [-0.39, 0.29) is 5.91 Å². The first-order valence-corrected chi connectivity index (χ1v) is 12.0. The van der Waals surface area contributed by atoms with Gasteiger partial charge in [-0.25, -0.2) is 4.98 Å². The second kappa shape index (κ2) is 9.61. The predicted octanol–water partition coefficient (Wildman–Crippen LogP) is 4.04. The lowest BCUT2D eigenvalue weighted by Crippen LogP contribution is -2.42. The average molecular weight is 443 g/mol. The van der Waals surface area contributed by atoms with Gasteiger partial charge in [0.15, 0.2) is 16.1 Å². The molecule has 3 heterocycles. The van der Waals surface area contributed by atoms with Gasteiger partial charge in [0.2, 0.25) is 5.91 Å². The van der Waals surface area contributed by atoms with Crippen LogP contribution in [0.15, 0.2) is 40.9 Å². The summed E-state index contributed by atoms with van der Waals surface area (Å²) in [6, 6.07) is 10.5. The fourth-order valence-corrected chi connectivity index (χ4v) is 5.09. The molecule has 158 valence electrons. The minimum atomic E-state index is 0.186. The van der Waals surface area contributed by atoms with Crippen molar-refractivity contribution in [2.24, 2.45) is 7.05 Å². The Morgan fingerprint density at radius 2 is 2.10 bits per heavy atom. The minimum absolute atomic E-state index is 0.186. The molecule has 1 aliphatic rings. The number of piperidine rings is 1. The number of anilines is 1. The Labute approximate surface area is 184 Å². The van der Waals surface area contributed by atoms with E-state index in [4.69, 9.17) is 0 Å². The number of nitrogens with zero attached hydrogens (tertiary/aromatic N) is 5. The van der Waals surface area contributed by atoms with E-state index in [1.54, 1.807) is 11.3 Å². The van der Waals surface area contributed by atoms with E-state index >= 15 is 0 Å². The maximum absolute atomic E-state index is 12.6. The Bertz CT molecular complexity index is 987. The van der Waals surface area contributed by atoms with Crippen molar-refractivity contribution in [2.75, 3.05) is 17.6 Å². The van der Waals surface area contributed by atoms with E-state index in [9.17, 15) is 4.79 Å². The summed E-state index contributed by atoms with van der Waals surface area (Å²) in [5.41, 5.74) is 2.06. The van der Waals surface area contributed by atoms with Crippen molar-refractivity contribution in [3.63, 3.8) is 0 Å². The van der Waals surface area contributed by atoms with Crippen molar-refractivity contribution >= 4 is 34.1 Å². The SMILES string of the molecule is CC1CCCCN1C(=O)CSc1nnc(CNc2nc(-c3ccccc3)cs2)n1C. The largest absolute Gasteiger partial charge is 0.354 e. The van der Waals surface area contributed by atoms with Crippen LogP contribution in [0.2, 0.25) is 0 Å². The number of carbonyl (C=O) groups is 1. The van der Waals surface area contributed by atoms with Crippen LogP contribution in [0.5, 0.6) is 0 Å². The number of benzene rings is 1. The Morgan fingerprint density at radius 1 is 1.27 bits per heavy atom. The molecule has 9 heteroatoms. The Morgan fingerprint density at radius 3 is 2.90 bits per heavy atom. The number of thiazole rings is 1. The number of hydrogen-bond donors (Lipinski definition) is 1. The molecular formula is C21H26N6OS2. The van der Waals surface area contributed by atoms with Crippen molar-refractivity contribution in [3.05, 3.63) is 41.5 Å². The fourth-order valence-electron chi connectivity index (χ4n) is 3.55. The lowest BCUT2D eigenvalue weighted by Gasteiger charge is -2.33. The zero-order valence-electron chi connectivity index (χ0n) is 17.2. The Kier molecular flexibility index (Phi) is 6.69. The molecule has 2 aromatic heterocycles. The molecule has 1 saturated heterocycles. The van der Waals surface area contributed by atoms with Crippen LogP contribution >= 0.6 is 23.1 Å². The Hall–Kier alpha value is -2.39. The molecule has 4 rings (SSSR count). The van der Waals surface area contributed by atoms with E-state index in [2.05, 4.69) is 39.6 Å². The maximum Gasteiger partial charge on any atom is 0.233 e. The van der Waals surface area contributed by atoms with Crippen LogP contribution in [0.1, 0.15) is 32.0 Å². The molecule has 0 spiro atoms. The zero-order valence-corrected chi connectivity index (χ0v) is 18.9. The van der Waals surface area contributed by atoms with Gasteiger partial charge in [0.25, 0.3) is 0 Å². The molecule has 1 fully saturated rings. The van der Waals surface area contributed by atoms with Gasteiger partial charge in [0, 0.05) is 30.6 Å². The van der Waals surface area contributed by atoms with Crippen LogP contribution < -0.4 is 5.32 Å². The molecule has 1 amide bonds. The summed E-state index contributed by atoms with van der Waals surface area (Å²) < 4.78 is 1.94. The summed E-state index contributed by atoms with van der Waals surface area (Å²) in [7, 11) is 1.94. The van der Waals surface area contributed by atoms with E-state index in [1.807, 2.05) is 40.1 Å². The molecule has 1 aromatic carbocycles. The number of rotatable bonds is 7. The second-order valence-corrected chi connectivity index (χ2v) is 9.24. The second-order valence-electron chi connectivity index (χ2n) is 7.44. The molecule has 1 atom stereocenters. The maximum atomic E-state index is 12.6. The summed E-state index contributed by atoms with van der Waals surface area (Å²) >= 11 is 3.02. The highest BCUT2D eigenvalue weighted by atomic mass is 32.2. The van der Waals surface area contributed by atoms with Gasteiger partial charge in [-0.15, -0.1) is 21.5 Å². The van der Waals surface area contributed by atoms with Gasteiger partial charge in [-0.1, -0.05) is 42.1 Å². The van der Waals surface area contributed by atoms with Gasteiger partial charge >= 0.3 is 0 Å². The van der Waals surface area contributed by atoms with Gasteiger partial charge in [0.1, 0.15) is 0 Å². The topological polar surface area (TPSA) is 75.9 Å². The Balaban J connectivity index is 1.31. The van der Waals surface area contributed by atoms with Gasteiger partial charge in [-0.3, -0.25) is 4.79 Å². The van der Waals surface area contributed by atoms with E-state index in [0.29, 0.717) is 18.3 Å². The molecule has 0 aliphatic carbocycles. The first-order chi connectivity index (χ1) is 14.6. The summed E-state index contributed by atoms with van der Waals surface area (Å²) in [6.45, 7) is 3.53. The molecule has 1 N–H and O–H groups in total. The molecular weight excluding hydrogens is 416 g/mol. The molecule has 0 radical (unpaired) electrons. The average Bonchev–Trinajstić information content (AvgIpc) is 3.38. The van der Waals surface area contributed by atoms with Crippen LogP contribution in [-0.4, -0.2) is 48.9 Å². The van der Waals surface area contributed by atoms with Gasteiger partial charge in [0.05, 0.1) is 18.0 Å². The van der Waals surface area contributed by atoms with Crippen LogP contribution in [0.4, 0.5) is 5.13 Å². The van der Waals surface area contributed by atoms with Crippen molar-refractivity contribution in [3.8, 4) is 11.3 Å². The van der Waals surface area contributed by atoms with Crippen LogP contribution in [0.3, 0.4) is 0 Å². The third kappa shape index (κ3) is 4.84. The molecule has 0 saturated carbocycles. The first kappa shape index (κ1) is 20.9. The fraction of sp³-hybridized carbons (Fsp3) is 0.429. The smallest absolute Gasteiger partial charge is 0.233 e. The summed E-state index contributed by atoms with van der Waals surface area (Å²) in [4.78, 5) is 19.2. The van der Waals surface area contributed by atoms with Crippen LogP contribution in [-0.2, 0) is 18.4 Å². The van der Waals surface area contributed by atoms with Crippen molar-refractivity contribution in [1.82, 2.24) is 24.6 Å². The van der Waals surface area contributed by atoms with E-state index < -0.39 is 0 Å². The van der Waals surface area contributed by atoms with Crippen molar-refractivity contribution in [1.29, 1.82) is 0 Å². The number of likely N-dealkylation sites (tertiary alicyclic amines) is 1. The third-order valence-electron chi connectivity index (χ3n) is 5.34. The number of amides is 1. The lowest BCUT2D eigenvalue weighted by molar-refractivity contribution is -0.131. The van der Waals surface area contributed by atoms with Crippen LogP contribution in [0.25, 0.3) is 11.3 Å². The first-order valence-electron chi connectivity index (χ1n) is 10.2. The number of thioether (sulfide) groups is 1. The highest BCUT2D eigenvalue weighted by molar-refractivity contribution is 7.99. The summed E-state index contributed by atoms with van der Waals surface area (Å²) in [5, 5.41) is 15.5. The van der Waals surface area contributed by atoms with E-state index in [1.165, 1.54) is 18.2 Å². The van der Waals surface area contributed by atoms with Gasteiger partial charge in [-0.05, 0) is 26.2 Å². The molecule has 7 nitrogen and oxygen atoms in total. The van der Waals surface area contributed by atoms with Crippen molar-refractivity contribution in [2.45, 2.75) is 43.9 Å². The van der Waals surface area contributed by atoms with Gasteiger partial charge < -0.3 is 14.8 Å². The predicted molar refractivity (Wildman–Crippen MR) is 122 cm³/mol. The number of hydrogen-bond acceptors (Lipinski definition) is 7. The van der Waals surface area contributed by atoms with Crippen LogP contribution in [0, 0.1) is 0 Å². The van der Waals surface area contributed by atoms with Crippen molar-refractivity contribution < 1.29 is 4.79 Å². The van der Waals surface area contributed by atoms with Gasteiger partial charge in [-0.2, -0.15) is 0 Å². The minimum Gasteiger partial charge on any atom is -0.354 e. The normalized spacial score (nSPS) is 16.6. The number of carbonyl (C=O) groups excluding carboxylic acids is 1. The van der Waals surface area contributed by atoms with E-state index in [0.717, 1.165) is 46.8 Å². The molecule has 1 unspecified atom stereocenters. The standard InChI is InChI=1S/C21H26N6OS2/c1-15-8-6-7-11-27(15)19(28)14-30-21-25-24-18(26(21)2)12-22-20-23-17(13-29-20)16-9-4-3-5-10-16/h3-5,9-10,13,15H,6-8,11-12,14H2,1-2H3,(H,22,23). The molecule has 3 aromatic rings. The number of nitrogens with one attached hydrogen (secondary N) is 1. The third-order valence-corrected chi connectivity index (χ3v) is 7.15. The lowest BCUT2D eigenvalue weighted by atomic mass is 10.0. The quantitative estimate of drug-likeness (QED) is 0.557. The molecule has 1 aliphatic heterocycles. The molecule has 0 bridgehead atoms. The summed E-state index contributed by atoms with van der Waals surface area (Å²) in [6.07, 6.45) is 3.41. The molecule has 30 heavy (non-hydrogen) atoms. The number of aromatic nitrogens is 4. The summed E-state index contributed by atoms with van der Waals surface area (Å²) in [5.74, 6) is 1.40. The highest BCUT2D eigenvalue weighted by Gasteiger charge is 2.23. The zero-order chi connectivity index (χ0) is 20.9. The monoisotopic (exact) mass is 442 g/mol.